The van der Waals surface area contributed by atoms with E-state index in [9.17, 15) is 9.59 Å². The maximum atomic E-state index is 13.7. The first kappa shape index (κ1) is 28.6. The Morgan fingerprint density at radius 3 is 2.39 bits per heavy atom. The lowest BCUT2D eigenvalue weighted by molar-refractivity contribution is 0.0696. The molecule has 9 nitrogen and oxygen atoms in total. The zero-order valence-electron chi connectivity index (χ0n) is 23.9. The average Bonchev–Trinajstić information content (AvgIpc) is 3.33. The quantitative estimate of drug-likeness (QED) is 0.358. The molecule has 0 bridgehead atoms. The van der Waals surface area contributed by atoms with E-state index < -0.39 is 5.97 Å². The number of hydrogen-bond acceptors (Lipinski definition) is 6. The fraction of sp³-hybridized carbons (Fsp3) is 0.406. The molecule has 1 aromatic heterocycles. The lowest BCUT2D eigenvalue weighted by atomic mass is 9.98. The van der Waals surface area contributed by atoms with Crippen LogP contribution in [0.3, 0.4) is 0 Å². The van der Waals surface area contributed by atoms with Crippen LogP contribution in [0.15, 0.2) is 66.7 Å². The van der Waals surface area contributed by atoms with Gasteiger partial charge in [0.15, 0.2) is 0 Å². The van der Waals surface area contributed by atoms with Gasteiger partial charge in [0.1, 0.15) is 5.75 Å². The van der Waals surface area contributed by atoms with Crippen molar-refractivity contribution in [3.05, 3.63) is 89.1 Å². The van der Waals surface area contributed by atoms with Gasteiger partial charge in [-0.1, -0.05) is 36.4 Å². The smallest absolute Gasteiger partial charge is 0.335 e. The molecule has 1 N–H and O–H groups in total. The van der Waals surface area contributed by atoms with Crippen LogP contribution in [-0.4, -0.2) is 82.2 Å². The number of rotatable bonds is 10. The number of hydrogen-bond donors (Lipinski definition) is 1. The van der Waals surface area contributed by atoms with Crippen LogP contribution in [0.25, 0.3) is 0 Å². The maximum Gasteiger partial charge on any atom is 0.335 e. The summed E-state index contributed by atoms with van der Waals surface area (Å²) in [5, 5.41) is 9.07. The Morgan fingerprint density at radius 1 is 1.05 bits per heavy atom. The van der Waals surface area contributed by atoms with E-state index in [2.05, 4.69) is 33.8 Å². The number of amides is 2. The first-order valence-electron chi connectivity index (χ1n) is 14.2. The van der Waals surface area contributed by atoms with Crippen LogP contribution in [0.5, 0.6) is 11.6 Å². The lowest BCUT2D eigenvalue weighted by Gasteiger charge is -2.39. The molecule has 2 atom stereocenters. The molecule has 2 aromatic carbocycles. The van der Waals surface area contributed by atoms with Crippen molar-refractivity contribution in [2.45, 2.75) is 51.4 Å². The number of pyridine rings is 1. The number of carboxylic acids is 1. The Balaban J connectivity index is 1.21. The van der Waals surface area contributed by atoms with E-state index in [1.54, 1.807) is 19.2 Å². The molecule has 0 spiro atoms. The molecule has 0 radical (unpaired) electrons. The van der Waals surface area contributed by atoms with E-state index in [4.69, 9.17) is 14.6 Å². The predicted octanol–water partition coefficient (Wildman–Crippen LogP) is 5.36. The number of urea groups is 1. The van der Waals surface area contributed by atoms with Crippen molar-refractivity contribution in [1.29, 1.82) is 0 Å². The number of aromatic nitrogens is 1. The highest BCUT2D eigenvalue weighted by atomic mass is 16.5. The summed E-state index contributed by atoms with van der Waals surface area (Å²) in [6.07, 6.45) is 1.84. The Morgan fingerprint density at radius 2 is 1.76 bits per heavy atom. The van der Waals surface area contributed by atoms with Crippen LogP contribution < -0.4 is 4.74 Å². The largest absolute Gasteiger partial charge is 0.478 e. The number of carbonyl (C=O) groups is 2. The van der Waals surface area contributed by atoms with Gasteiger partial charge < -0.3 is 24.4 Å². The van der Waals surface area contributed by atoms with Gasteiger partial charge in [-0.05, 0) is 62.1 Å². The summed E-state index contributed by atoms with van der Waals surface area (Å²) in [6, 6.07) is 20.9. The third kappa shape index (κ3) is 6.52. The van der Waals surface area contributed by atoms with Crippen LogP contribution in [0.2, 0.25) is 0 Å². The van der Waals surface area contributed by atoms with Crippen molar-refractivity contribution in [2.75, 3.05) is 33.4 Å². The number of ether oxygens (including phenoxy) is 2. The molecule has 1 unspecified atom stereocenters. The third-order valence-corrected chi connectivity index (χ3v) is 8.13. The average molecular weight is 559 g/mol. The van der Waals surface area contributed by atoms with Crippen molar-refractivity contribution in [3.8, 4) is 11.6 Å². The van der Waals surface area contributed by atoms with Gasteiger partial charge in [0.25, 0.3) is 0 Å². The molecule has 5 rings (SSSR count). The van der Waals surface area contributed by atoms with Crippen LogP contribution >= 0.6 is 0 Å². The van der Waals surface area contributed by atoms with Crippen LogP contribution in [0.4, 0.5) is 4.79 Å². The molecule has 0 saturated carbocycles. The van der Waals surface area contributed by atoms with Gasteiger partial charge in [-0.25, -0.2) is 14.6 Å². The molecule has 216 valence electrons. The van der Waals surface area contributed by atoms with E-state index in [0.717, 1.165) is 43.7 Å². The van der Waals surface area contributed by atoms with Crippen LogP contribution in [0.1, 0.15) is 53.0 Å². The molecule has 41 heavy (non-hydrogen) atoms. The van der Waals surface area contributed by atoms with Gasteiger partial charge in [-0.2, -0.15) is 0 Å². The highest BCUT2D eigenvalue weighted by Gasteiger charge is 2.44. The number of piperidine rings is 1. The molecule has 2 saturated heterocycles. The fourth-order valence-electron chi connectivity index (χ4n) is 5.86. The summed E-state index contributed by atoms with van der Waals surface area (Å²) in [5.74, 6) is 0.0394. The molecule has 9 heteroatoms. The van der Waals surface area contributed by atoms with Crippen molar-refractivity contribution in [3.63, 3.8) is 0 Å². The van der Waals surface area contributed by atoms with E-state index >= 15 is 0 Å². The second-order valence-corrected chi connectivity index (χ2v) is 10.9. The molecule has 3 heterocycles. The van der Waals surface area contributed by atoms with Gasteiger partial charge in [-0.3, -0.25) is 4.90 Å². The van der Waals surface area contributed by atoms with Crippen molar-refractivity contribution in [1.82, 2.24) is 19.7 Å². The number of aromatic carboxylic acids is 1. The molecular weight excluding hydrogens is 520 g/mol. The number of benzene rings is 2. The van der Waals surface area contributed by atoms with Crippen molar-refractivity contribution in [2.24, 2.45) is 0 Å². The molecule has 2 fully saturated rings. The third-order valence-electron chi connectivity index (χ3n) is 8.13. The minimum Gasteiger partial charge on any atom is -0.478 e. The van der Waals surface area contributed by atoms with Gasteiger partial charge in [-0.15, -0.1) is 0 Å². The first-order valence-corrected chi connectivity index (χ1v) is 14.2. The van der Waals surface area contributed by atoms with E-state index in [0.29, 0.717) is 24.8 Å². The maximum absolute atomic E-state index is 13.7. The Bertz CT molecular complexity index is 1340. The van der Waals surface area contributed by atoms with Gasteiger partial charge in [0.2, 0.25) is 5.88 Å². The second-order valence-electron chi connectivity index (χ2n) is 10.9. The second kappa shape index (κ2) is 12.7. The first-order chi connectivity index (χ1) is 19.8. The van der Waals surface area contributed by atoms with E-state index in [1.165, 1.54) is 17.7 Å². The number of likely N-dealkylation sites (tertiary alicyclic amines) is 1. The predicted molar refractivity (Wildman–Crippen MR) is 155 cm³/mol. The summed E-state index contributed by atoms with van der Waals surface area (Å²) in [6.45, 7) is 7.81. The molecule has 2 aliphatic rings. The van der Waals surface area contributed by atoms with E-state index in [1.807, 2.05) is 42.2 Å². The standard InChI is InChI=1S/C32H38N4O5/c1-22(21-40-3)35-20-29(24-7-5-4-6-8-24)36(32(35)39)27-15-17-34(18-16-27)19-26-11-14-30(33-23(26)2)41-28-12-9-25(10-13-28)31(37)38/h4-14,22,27,29H,15-21H2,1-3H3,(H,37,38)/t22-,29?/m0/s1. The van der Waals surface area contributed by atoms with Gasteiger partial charge >= 0.3 is 12.0 Å². The molecular formula is C32H38N4O5. The van der Waals surface area contributed by atoms with Crippen LogP contribution in [-0.2, 0) is 11.3 Å². The summed E-state index contributed by atoms with van der Waals surface area (Å²) in [4.78, 5) is 35.9. The Hall–Kier alpha value is -3.95. The number of carbonyl (C=O) groups excluding carboxylic acids is 1. The molecule has 0 aliphatic carbocycles. The Kier molecular flexibility index (Phi) is 8.85. The zero-order valence-corrected chi connectivity index (χ0v) is 23.9. The summed E-state index contributed by atoms with van der Waals surface area (Å²) in [5.41, 5.74) is 3.42. The summed E-state index contributed by atoms with van der Waals surface area (Å²) in [7, 11) is 1.68. The fourth-order valence-corrected chi connectivity index (χ4v) is 5.86. The van der Waals surface area contributed by atoms with Crippen molar-refractivity contribution >= 4 is 12.0 Å². The number of carboxylic acid groups (broad SMARTS) is 1. The minimum absolute atomic E-state index is 0.0235. The van der Waals surface area contributed by atoms with Gasteiger partial charge in [0, 0.05) is 51.1 Å². The van der Waals surface area contributed by atoms with Crippen molar-refractivity contribution < 1.29 is 24.2 Å². The number of methoxy groups -OCH3 is 1. The highest BCUT2D eigenvalue weighted by Crippen LogP contribution is 2.36. The Labute approximate surface area is 241 Å². The SMILES string of the molecule is COC[C@H](C)N1CC(c2ccccc2)N(C2CCN(Cc3ccc(Oc4ccc(C(=O)O)cc4)nc3C)CC2)C1=O. The highest BCUT2D eigenvalue weighted by molar-refractivity contribution is 5.87. The number of aryl methyl sites for hydroxylation is 1. The number of nitrogens with zero attached hydrogens (tertiary/aromatic N) is 4. The van der Waals surface area contributed by atoms with Gasteiger partial charge in [0.05, 0.1) is 24.3 Å². The lowest BCUT2D eigenvalue weighted by Crippen LogP contribution is -2.48. The molecule has 2 amide bonds. The summed E-state index contributed by atoms with van der Waals surface area (Å²) < 4.78 is 11.2. The minimum atomic E-state index is -0.972. The van der Waals surface area contributed by atoms with Crippen LogP contribution in [0, 0.1) is 6.92 Å². The molecule has 2 aliphatic heterocycles. The molecule has 3 aromatic rings. The summed E-state index contributed by atoms with van der Waals surface area (Å²) >= 11 is 0. The van der Waals surface area contributed by atoms with E-state index in [-0.39, 0.29) is 29.7 Å². The topological polar surface area (TPSA) is 95.4 Å². The monoisotopic (exact) mass is 558 g/mol. The zero-order chi connectivity index (χ0) is 28.9. The normalized spacial score (nSPS) is 19.0.